The lowest BCUT2D eigenvalue weighted by Gasteiger charge is -2.25. The normalized spacial score (nSPS) is 12.5. The zero-order valence-corrected chi connectivity index (χ0v) is 10.1. The molecule has 0 aliphatic heterocycles. The number of methoxy groups -OCH3 is 2. The van der Waals surface area contributed by atoms with Crippen LogP contribution < -0.4 is 5.32 Å². The lowest BCUT2D eigenvalue weighted by molar-refractivity contribution is -0.134. The van der Waals surface area contributed by atoms with Gasteiger partial charge in [0, 0.05) is 27.3 Å². The first-order valence-corrected chi connectivity index (χ1v) is 5.11. The first-order valence-electron chi connectivity index (χ1n) is 5.11. The summed E-state index contributed by atoms with van der Waals surface area (Å²) in [6.07, 6.45) is 0. The molecule has 0 aliphatic carbocycles. The van der Waals surface area contributed by atoms with Crippen LogP contribution in [0.2, 0.25) is 0 Å². The highest BCUT2D eigenvalue weighted by Gasteiger charge is 2.18. The number of rotatable bonds is 8. The topological polar surface area (TPSA) is 50.8 Å². The molecule has 0 saturated carbocycles. The molecule has 0 saturated heterocycles. The molecule has 0 spiro atoms. The van der Waals surface area contributed by atoms with E-state index in [1.165, 1.54) is 0 Å². The molecule has 0 heterocycles. The fourth-order valence-electron chi connectivity index (χ4n) is 1.13. The molecule has 0 aromatic rings. The average molecular weight is 218 g/mol. The third kappa shape index (κ3) is 5.71. The predicted molar refractivity (Wildman–Crippen MR) is 58.9 cm³/mol. The minimum absolute atomic E-state index is 0.0756. The maximum atomic E-state index is 11.8. The molecule has 15 heavy (non-hydrogen) atoms. The van der Waals surface area contributed by atoms with Gasteiger partial charge in [-0.05, 0) is 14.0 Å². The van der Waals surface area contributed by atoms with E-state index in [4.69, 9.17) is 9.47 Å². The average Bonchev–Trinajstić information content (AvgIpc) is 2.27. The van der Waals surface area contributed by atoms with Crippen molar-refractivity contribution in [3.63, 3.8) is 0 Å². The minimum Gasteiger partial charge on any atom is -0.383 e. The van der Waals surface area contributed by atoms with Crippen molar-refractivity contribution >= 4 is 5.91 Å². The van der Waals surface area contributed by atoms with Crippen molar-refractivity contribution in [1.29, 1.82) is 0 Å². The summed E-state index contributed by atoms with van der Waals surface area (Å²) in [5, 5.41) is 2.93. The first kappa shape index (κ1) is 14.3. The number of hydrogen-bond acceptors (Lipinski definition) is 4. The standard InChI is InChI=1S/C10H22N2O3/c1-9(11-2)10(13)12(5-7-14-3)6-8-15-4/h9,11H,5-8H2,1-4H3. The summed E-state index contributed by atoms with van der Waals surface area (Å²) >= 11 is 0. The molecule has 0 bridgehead atoms. The van der Waals surface area contributed by atoms with Gasteiger partial charge in [-0.3, -0.25) is 4.79 Å². The molecule has 90 valence electrons. The summed E-state index contributed by atoms with van der Waals surface area (Å²) in [6, 6.07) is -0.168. The summed E-state index contributed by atoms with van der Waals surface area (Å²) in [7, 11) is 5.02. The van der Waals surface area contributed by atoms with Crippen molar-refractivity contribution in [1.82, 2.24) is 10.2 Å². The van der Waals surface area contributed by atoms with Crippen molar-refractivity contribution < 1.29 is 14.3 Å². The molecular weight excluding hydrogens is 196 g/mol. The molecule has 1 atom stereocenters. The molecule has 0 aromatic carbocycles. The number of nitrogens with one attached hydrogen (secondary N) is 1. The van der Waals surface area contributed by atoms with E-state index >= 15 is 0 Å². The fourth-order valence-corrected chi connectivity index (χ4v) is 1.13. The summed E-state index contributed by atoms with van der Waals surface area (Å²) < 4.78 is 9.92. The highest BCUT2D eigenvalue weighted by atomic mass is 16.5. The number of likely N-dealkylation sites (N-methyl/N-ethyl adjacent to an activating group) is 1. The van der Waals surface area contributed by atoms with Crippen LogP contribution in [0.25, 0.3) is 0 Å². The van der Waals surface area contributed by atoms with Gasteiger partial charge >= 0.3 is 0 Å². The second-order valence-corrected chi connectivity index (χ2v) is 3.32. The van der Waals surface area contributed by atoms with Crippen LogP contribution in [0.5, 0.6) is 0 Å². The van der Waals surface area contributed by atoms with Crippen molar-refractivity contribution in [3.05, 3.63) is 0 Å². The molecule has 0 rings (SSSR count). The zero-order valence-electron chi connectivity index (χ0n) is 10.1. The lowest BCUT2D eigenvalue weighted by atomic mass is 10.3. The second-order valence-electron chi connectivity index (χ2n) is 3.32. The summed E-state index contributed by atoms with van der Waals surface area (Å²) in [6.45, 7) is 4.14. The van der Waals surface area contributed by atoms with E-state index in [-0.39, 0.29) is 11.9 Å². The van der Waals surface area contributed by atoms with Gasteiger partial charge in [0.25, 0.3) is 0 Å². The second kappa shape index (κ2) is 8.64. The van der Waals surface area contributed by atoms with Gasteiger partial charge in [-0.1, -0.05) is 0 Å². The molecule has 5 heteroatoms. The van der Waals surface area contributed by atoms with E-state index in [1.54, 1.807) is 26.2 Å². The van der Waals surface area contributed by atoms with E-state index < -0.39 is 0 Å². The number of carbonyl (C=O) groups is 1. The van der Waals surface area contributed by atoms with E-state index in [0.29, 0.717) is 26.3 Å². The number of amides is 1. The maximum absolute atomic E-state index is 11.8. The molecule has 0 fully saturated rings. The van der Waals surface area contributed by atoms with Crippen LogP contribution in [0.3, 0.4) is 0 Å². The number of hydrogen-bond donors (Lipinski definition) is 1. The van der Waals surface area contributed by atoms with Crippen LogP contribution >= 0.6 is 0 Å². The Morgan fingerprint density at radius 3 is 2.07 bits per heavy atom. The fraction of sp³-hybridized carbons (Fsp3) is 0.900. The van der Waals surface area contributed by atoms with E-state index in [2.05, 4.69) is 5.32 Å². The summed E-state index contributed by atoms with van der Waals surface area (Å²) in [4.78, 5) is 13.6. The van der Waals surface area contributed by atoms with Gasteiger partial charge in [0.05, 0.1) is 19.3 Å². The number of ether oxygens (including phenoxy) is 2. The lowest BCUT2D eigenvalue weighted by Crippen LogP contribution is -2.46. The molecule has 1 amide bonds. The SMILES string of the molecule is CNC(C)C(=O)N(CCOC)CCOC. The van der Waals surface area contributed by atoms with Crippen LogP contribution in [0, 0.1) is 0 Å². The quantitative estimate of drug-likeness (QED) is 0.608. The molecular formula is C10H22N2O3. The van der Waals surface area contributed by atoms with Gasteiger partial charge in [0.15, 0.2) is 0 Å². The van der Waals surface area contributed by atoms with Crippen molar-refractivity contribution in [2.45, 2.75) is 13.0 Å². The minimum atomic E-state index is -0.168. The van der Waals surface area contributed by atoms with Crippen LogP contribution in [0.15, 0.2) is 0 Å². The monoisotopic (exact) mass is 218 g/mol. The Kier molecular flexibility index (Phi) is 8.27. The largest absolute Gasteiger partial charge is 0.383 e. The predicted octanol–water partition coefficient (Wildman–Crippen LogP) is -0.284. The van der Waals surface area contributed by atoms with Gasteiger partial charge in [0.2, 0.25) is 5.91 Å². The third-order valence-corrected chi connectivity index (χ3v) is 2.25. The Bertz CT molecular complexity index is 168. The zero-order chi connectivity index (χ0) is 11.7. The van der Waals surface area contributed by atoms with E-state index in [1.807, 2.05) is 6.92 Å². The number of nitrogens with zero attached hydrogens (tertiary/aromatic N) is 1. The highest BCUT2D eigenvalue weighted by Crippen LogP contribution is 1.95. The highest BCUT2D eigenvalue weighted by molar-refractivity contribution is 5.81. The van der Waals surface area contributed by atoms with Gasteiger partial charge in [0.1, 0.15) is 0 Å². The van der Waals surface area contributed by atoms with Crippen LogP contribution in [-0.4, -0.2) is 64.4 Å². The molecule has 0 aromatic heterocycles. The van der Waals surface area contributed by atoms with Gasteiger partial charge < -0.3 is 19.7 Å². The first-order chi connectivity index (χ1) is 7.17. The smallest absolute Gasteiger partial charge is 0.239 e. The van der Waals surface area contributed by atoms with E-state index in [9.17, 15) is 4.79 Å². The molecule has 5 nitrogen and oxygen atoms in total. The van der Waals surface area contributed by atoms with Gasteiger partial charge in [-0.2, -0.15) is 0 Å². The van der Waals surface area contributed by atoms with Crippen molar-refractivity contribution in [3.8, 4) is 0 Å². The summed E-state index contributed by atoms with van der Waals surface area (Å²) in [5.41, 5.74) is 0. The molecule has 1 unspecified atom stereocenters. The Balaban J connectivity index is 4.13. The third-order valence-electron chi connectivity index (χ3n) is 2.25. The molecule has 0 aliphatic rings. The maximum Gasteiger partial charge on any atom is 0.239 e. The van der Waals surface area contributed by atoms with Crippen LogP contribution in [-0.2, 0) is 14.3 Å². The Morgan fingerprint density at radius 2 is 1.73 bits per heavy atom. The Hall–Kier alpha value is -0.650. The van der Waals surface area contributed by atoms with Crippen LogP contribution in [0.4, 0.5) is 0 Å². The van der Waals surface area contributed by atoms with E-state index in [0.717, 1.165) is 0 Å². The number of carbonyl (C=O) groups excluding carboxylic acids is 1. The Labute approximate surface area is 91.7 Å². The van der Waals surface area contributed by atoms with Crippen molar-refractivity contribution in [2.75, 3.05) is 47.6 Å². The molecule has 1 N–H and O–H groups in total. The Morgan fingerprint density at radius 1 is 1.27 bits per heavy atom. The molecule has 0 radical (unpaired) electrons. The summed E-state index contributed by atoms with van der Waals surface area (Å²) in [5.74, 6) is 0.0756. The van der Waals surface area contributed by atoms with Gasteiger partial charge in [-0.15, -0.1) is 0 Å². The van der Waals surface area contributed by atoms with Crippen molar-refractivity contribution in [2.24, 2.45) is 0 Å². The van der Waals surface area contributed by atoms with Gasteiger partial charge in [-0.25, -0.2) is 0 Å². The van der Waals surface area contributed by atoms with Crippen LogP contribution in [0.1, 0.15) is 6.92 Å².